The molecule has 0 saturated carbocycles. The van der Waals surface area contributed by atoms with Crippen LogP contribution in [0.5, 0.6) is 0 Å². The number of ether oxygens (including phenoxy) is 1. The summed E-state index contributed by atoms with van der Waals surface area (Å²) in [7, 11) is 0. The molecule has 1 aromatic heterocycles. The van der Waals surface area contributed by atoms with Gasteiger partial charge in [0.25, 0.3) is 0 Å². The van der Waals surface area contributed by atoms with Gasteiger partial charge in [0.2, 0.25) is 11.8 Å². The van der Waals surface area contributed by atoms with Gasteiger partial charge in [-0.2, -0.15) is 4.98 Å². The van der Waals surface area contributed by atoms with Gasteiger partial charge in [0.1, 0.15) is 6.20 Å². The number of nitrogens with zero attached hydrogens (tertiary/aromatic N) is 3. The fraction of sp³-hybridized carbons (Fsp3) is 0.636. The number of nitrogen functional groups attached to an aromatic ring is 1. The van der Waals surface area contributed by atoms with E-state index in [9.17, 15) is 10.1 Å². The highest BCUT2D eigenvalue weighted by atomic mass is 16.6. The smallest absolute Gasteiger partial charge is 0.329 e. The molecular weight excluding hydrogens is 264 g/mol. The fourth-order valence-corrected chi connectivity index (χ4v) is 1.51. The summed E-state index contributed by atoms with van der Waals surface area (Å²) in [4.78, 5) is 18.2. The third-order valence-electron chi connectivity index (χ3n) is 2.72. The van der Waals surface area contributed by atoms with E-state index in [0.717, 1.165) is 6.20 Å². The highest BCUT2D eigenvalue weighted by molar-refractivity contribution is 5.57. The van der Waals surface area contributed by atoms with Crippen molar-refractivity contribution >= 4 is 17.5 Å². The monoisotopic (exact) mass is 284 g/mol. The molecule has 9 heteroatoms. The highest BCUT2D eigenvalue weighted by Gasteiger charge is 2.22. The molecule has 1 aromatic rings. The van der Waals surface area contributed by atoms with E-state index < -0.39 is 4.92 Å². The summed E-state index contributed by atoms with van der Waals surface area (Å²) < 4.78 is 5.37. The molecule has 20 heavy (non-hydrogen) atoms. The maximum absolute atomic E-state index is 11.0. The Morgan fingerprint density at radius 2 is 2.25 bits per heavy atom. The highest BCUT2D eigenvalue weighted by Crippen LogP contribution is 2.23. The van der Waals surface area contributed by atoms with Crippen LogP contribution in [0.3, 0.4) is 0 Å². The van der Waals surface area contributed by atoms with E-state index in [0.29, 0.717) is 13.2 Å². The lowest BCUT2D eigenvalue weighted by atomic mass is 10.1. The van der Waals surface area contributed by atoms with Crippen LogP contribution in [-0.2, 0) is 4.74 Å². The van der Waals surface area contributed by atoms with Crippen molar-refractivity contribution in [2.45, 2.75) is 26.8 Å². The Hall–Kier alpha value is -2.00. The molecule has 0 aromatic carbocycles. The third kappa shape index (κ3) is 4.28. The second-order valence-electron chi connectivity index (χ2n) is 4.48. The molecule has 0 radical (unpaired) electrons. The second-order valence-corrected chi connectivity index (χ2v) is 4.48. The van der Waals surface area contributed by atoms with E-state index in [4.69, 9.17) is 10.6 Å². The molecule has 4 N–H and O–H groups in total. The molecule has 112 valence electrons. The minimum atomic E-state index is -0.541. The van der Waals surface area contributed by atoms with E-state index in [1.807, 2.05) is 20.8 Å². The molecule has 9 nitrogen and oxygen atoms in total. The Morgan fingerprint density at radius 1 is 1.55 bits per heavy atom. The number of hydrogen-bond donors (Lipinski definition) is 3. The van der Waals surface area contributed by atoms with Crippen LogP contribution in [0, 0.1) is 16.0 Å². The van der Waals surface area contributed by atoms with Crippen LogP contribution in [0.1, 0.15) is 20.8 Å². The lowest BCUT2D eigenvalue weighted by Gasteiger charge is -2.22. The summed E-state index contributed by atoms with van der Waals surface area (Å²) in [5.41, 5.74) is 2.06. The molecule has 0 spiro atoms. The van der Waals surface area contributed by atoms with Crippen LogP contribution < -0.4 is 16.6 Å². The fourth-order valence-electron chi connectivity index (χ4n) is 1.51. The molecule has 0 saturated heterocycles. The number of nitrogens with two attached hydrogens (primary N) is 1. The molecule has 0 aliphatic rings. The van der Waals surface area contributed by atoms with Crippen molar-refractivity contribution in [2.75, 3.05) is 24.0 Å². The van der Waals surface area contributed by atoms with Gasteiger partial charge in [-0.05, 0) is 12.8 Å². The average Bonchev–Trinajstić information content (AvgIpc) is 2.42. The summed E-state index contributed by atoms with van der Waals surface area (Å²) in [5.74, 6) is 5.66. The Bertz CT molecular complexity index is 454. The van der Waals surface area contributed by atoms with E-state index in [2.05, 4.69) is 20.7 Å². The SMILES string of the molecule is CCOCC(Nc1nc(NN)ncc1[N+](=O)[O-])C(C)C. The van der Waals surface area contributed by atoms with Gasteiger partial charge in [0.15, 0.2) is 0 Å². The summed E-state index contributed by atoms with van der Waals surface area (Å²) >= 11 is 0. The standard InChI is InChI=1S/C11H20N6O3/c1-4-20-6-8(7(2)3)14-10-9(17(18)19)5-13-11(15-10)16-12/h5,7-8H,4,6,12H2,1-3H3,(H2,13,14,15,16). The molecular formula is C11H20N6O3. The van der Waals surface area contributed by atoms with Crippen LogP contribution >= 0.6 is 0 Å². The number of nitro groups is 1. The van der Waals surface area contributed by atoms with Crippen molar-refractivity contribution in [2.24, 2.45) is 11.8 Å². The van der Waals surface area contributed by atoms with Gasteiger partial charge in [-0.3, -0.25) is 15.5 Å². The number of hydrogen-bond acceptors (Lipinski definition) is 8. The maximum Gasteiger partial charge on any atom is 0.329 e. The maximum atomic E-state index is 11.0. The lowest BCUT2D eigenvalue weighted by Crippen LogP contribution is -2.32. The van der Waals surface area contributed by atoms with E-state index in [-0.39, 0.29) is 29.4 Å². The van der Waals surface area contributed by atoms with Crippen molar-refractivity contribution in [1.29, 1.82) is 0 Å². The summed E-state index contributed by atoms with van der Waals surface area (Å²) in [6, 6.07) is -0.103. The summed E-state index contributed by atoms with van der Waals surface area (Å²) in [5, 5.41) is 14.0. The van der Waals surface area contributed by atoms with E-state index in [1.54, 1.807) is 0 Å². The number of rotatable bonds is 8. The first-order valence-corrected chi connectivity index (χ1v) is 6.31. The first-order chi connectivity index (χ1) is 9.49. The first-order valence-electron chi connectivity index (χ1n) is 6.31. The largest absolute Gasteiger partial charge is 0.380 e. The van der Waals surface area contributed by atoms with Gasteiger partial charge in [0, 0.05) is 6.61 Å². The van der Waals surface area contributed by atoms with Gasteiger partial charge in [-0.25, -0.2) is 10.8 Å². The zero-order chi connectivity index (χ0) is 15.1. The van der Waals surface area contributed by atoms with Crippen LogP contribution in [0.4, 0.5) is 17.5 Å². The first kappa shape index (κ1) is 16.1. The zero-order valence-electron chi connectivity index (χ0n) is 11.8. The van der Waals surface area contributed by atoms with Gasteiger partial charge in [-0.15, -0.1) is 0 Å². The van der Waals surface area contributed by atoms with Crippen molar-refractivity contribution in [1.82, 2.24) is 9.97 Å². The lowest BCUT2D eigenvalue weighted by molar-refractivity contribution is -0.384. The van der Waals surface area contributed by atoms with Gasteiger partial charge in [0.05, 0.1) is 17.6 Å². The van der Waals surface area contributed by atoms with Gasteiger partial charge >= 0.3 is 5.69 Å². The van der Waals surface area contributed by atoms with Crippen molar-refractivity contribution in [3.8, 4) is 0 Å². The molecule has 1 unspecified atom stereocenters. The Morgan fingerprint density at radius 3 is 2.75 bits per heavy atom. The second kappa shape index (κ2) is 7.56. The quantitative estimate of drug-likeness (QED) is 0.368. The molecule has 0 amide bonds. The number of aromatic nitrogens is 2. The van der Waals surface area contributed by atoms with Crippen LogP contribution in [0.2, 0.25) is 0 Å². The topological polar surface area (TPSA) is 128 Å². The molecule has 1 rings (SSSR count). The molecule has 0 aliphatic carbocycles. The predicted molar refractivity (Wildman–Crippen MR) is 75.2 cm³/mol. The van der Waals surface area contributed by atoms with Crippen LogP contribution in [-0.4, -0.2) is 34.1 Å². The molecule has 1 atom stereocenters. The molecule has 0 aliphatic heterocycles. The van der Waals surface area contributed by atoms with Crippen molar-refractivity contribution in [3.05, 3.63) is 16.3 Å². The minimum Gasteiger partial charge on any atom is -0.380 e. The summed E-state index contributed by atoms with van der Waals surface area (Å²) in [6.45, 7) is 6.88. The Labute approximate surface area is 117 Å². The van der Waals surface area contributed by atoms with Crippen LogP contribution in [0.15, 0.2) is 6.20 Å². The van der Waals surface area contributed by atoms with Crippen LogP contribution in [0.25, 0.3) is 0 Å². The average molecular weight is 284 g/mol. The van der Waals surface area contributed by atoms with E-state index >= 15 is 0 Å². The Kier molecular flexibility index (Phi) is 6.07. The predicted octanol–water partition coefficient (Wildman–Crippen LogP) is 1.14. The normalized spacial score (nSPS) is 12.2. The van der Waals surface area contributed by atoms with E-state index in [1.165, 1.54) is 0 Å². The molecule has 0 bridgehead atoms. The van der Waals surface area contributed by atoms with Gasteiger partial charge in [-0.1, -0.05) is 13.8 Å². The number of anilines is 2. The van der Waals surface area contributed by atoms with Gasteiger partial charge < -0.3 is 10.1 Å². The van der Waals surface area contributed by atoms with Crippen molar-refractivity contribution < 1.29 is 9.66 Å². The molecule has 0 fully saturated rings. The third-order valence-corrected chi connectivity index (χ3v) is 2.72. The van der Waals surface area contributed by atoms with Crippen molar-refractivity contribution in [3.63, 3.8) is 0 Å². The summed E-state index contributed by atoms with van der Waals surface area (Å²) in [6.07, 6.45) is 1.11. The number of nitrogens with one attached hydrogen (secondary N) is 2. The minimum absolute atomic E-state index is 0.103. The zero-order valence-corrected chi connectivity index (χ0v) is 11.8. The molecule has 1 heterocycles. The Balaban J connectivity index is 2.99. The number of hydrazine groups is 1.